The van der Waals surface area contributed by atoms with Gasteiger partial charge in [-0.3, -0.25) is 0 Å². The largest absolute Gasteiger partial charge is 0.508 e. The molecule has 0 aliphatic rings. The highest BCUT2D eigenvalue weighted by Gasteiger charge is 2.49. The summed E-state index contributed by atoms with van der Waals surface area (Å²) in [5.74, 6) is 1.04. The topological polar surface area (TPSA) is 120 Å². The number of sulfonamides is 1. The van der Waals surface area contributed by atoms with Gasteiger partial charge in [0.25, 0.3) is 10.0 Å². The van der Waals surface area contributed by atoms with Crippen LogP contribution < -0.4 is 4.74 Å². The van der Waals surface area contributed by atoms with Crippen LogP contribution in [0.3, 0.4) is 0 Å². The molecule has 0 N–H and O–H groups in total. The number of hydrogen-bond acceptors (Lipinski definition) is 6. The van der Waals surface area contributed by atoms with Crippen molar-refractivity contribution in [3.05, 3.63) is 64.5 Å². The van der Waals surface area contributed by atoms with Gasteiger partial charge in [-0.15, -0.1) is 0 Å². The molecule has 9 nitrogen and oxygen atoms in total. The van der Waals surface area contributed by atoms with E-state index in [0.29, 0.717) is 31.3 Å². The molecule has 0 spiro atoms. The van der Waals surface area contributed by atoms with Gasteiger partial charge in [0.15, 0.2) is 0 Å². The molecule has 1 atom stereocenters. The van der Waals surface area contributed by atoms with Crippen molar-refractivity contribution in [1.82, 2.24) is 0 Å². The van der Waals surface area contributed by atoms with Crippen molar-refractivity contribution in [1.29, 1.82) is 0 Å². The Morgan fingerprint density at radius 2 is 1.34 bits per heavy atom. The highest BCUT2D eigenvalue weighted by atomic mass is 32.2. The Balaban J connectivity index is 2.23. The summed E-state index contributed by atoms with van der Waals surface area (Å²) in [6, 6.07) is 13.3. The molecule has 32 heavy (non-hydrogen) atoms. The molecule has 2 aromatic rings. The van der Waals surface area contributed by atoms with Gasteiger partial charge in [-0.05, 0) is 74.7 Å². The molecule has 0 aliphatic carbocycles. The van der Waals surface area contributed by atoms with E-state index in [1.165, 1.54) is 24.3 Å². The van der Waals surface area contributed by atoms with E-state index in [1.807, 2.05) is 45.0 Å². The third-order valence-corrected chi connectivity index (χ3v) is 9.48. The van der Waals surface area contributed by atoms with Gasteiger partial charge < -0.3 is 18.0 Å². The molecule has 0 fully saturated rings. The van der Waals surface area contributed by atoms with Crippen molar-refractivity contribution in [2.24, 2.45) is 4.52 Å². The maximum Gasteiger partial charge on any atom is 0.508 e. The summed E-state index contributed by atoms with van der Waals surface area (Å²) in [6.45, 7) is 9.42. The zero-order valence-corrected chi connectivity index (χ0v) is 20.5. The van der Waals surface area contributed by atoms with Gasteiger partial charge in [0.05, 0.1) is 10.4 Å². The van der Waals surface area contributed by atoms with E-state index in [4.69, 9.17) is 23.5 Å². The summed E-state index contributed by atoms with van der Waals surface area (Å²) < 4.78 is 50.4. The summed E-state index contributed by atoms with van der Waals surface area (Å²) in [6.07, 6.45) is 0.799. The fourth-order valence-electron chi connectivity index (χ4n) is 3.40. The van der Waals surface area contributed by atoms with E-state index in [1.54, 1.807) is 0 Å². The van der Waals surface area contributed by atoms with Gasteiger partial charge in [0.1, 0.15) is 11.5 Å². The van der Waals surface area contributed by atoms with Gasteiger partial charge in [-0.1, -0.05) is 19.1 Å². The quantitative estimate of drug-likeness (QED) is 0.160. The third-order valence-electron chi connectivity index (χ3n) is 4.66. The number of rotatable bonds is 13. The zero-order chi connectivity index (χ0) is 23.6. The lowest BCUT2D eigenvalue weighted by Crippen LogP contribution is -2.51. The molecule has 0 amide bonds. The number of ether oxygens (including phenoxy) is 1. The number of hydrogen-bond donors (Lipinski definition) is 0. The highest BCUT2D eigenvalue weighted by molar-refractivity contribution is 7.90. The molecule has 174 valence electrons. The predicted octanol–water partition coefficient (Wildman–Crippen LogP) is 5.56. The average molecular weight is 480 g/mol. The minimum Gasteiger partial charge on any atom is -0.457 e. The lowest BCUT2D eigenvalue weighted by Gasteiger charge is -2.35. The first-order valence-corrected chi connectivity index (χ1v) is 13.7. The van der Waals surface area contributed by atoms with Crippen molar-refractivity contribution in [3.8, 4) is 11.5 Å². The summed E-state index contributed by atoms with van der Waals surface area (Å²) in [5.41, 5.74) is 9.39. The summed E-state index contributed by atoms with van der Waals surface area (Å²) in [4.78, 5) is 2.23. The minimum atomic E-state index is -4.03. The maximum absolute atomic E-state index is 11.8. The van der Waals surface area contributed by atoms with Crippen LogP contribution in [0.5, 0.6) is 11.5 Å². The Hall–Kier alpha value is -2.40. The first-order chi connectivity index (χ1) is 15.4. The molecule has 0 saturated carbocycles. The van der Waals surface area contributed by atoms with E-state index < -0.39 is 18.8 Å². The molecular weight excluding hydrogens is 450 g/mol. The highest BCUT2D eigenvalue weighted by Crippen LogP contribution is 2.34. The lowest BCUT2D eigenvalue weighted by molar-refractivity contribution is 0.0611. The van der Waals surface area contributed by atoms with Crippen LogP contribution in [0.1, 0.15) is 45.2 Å². The third kappa shape index (κ3) is 6.32. The SMILES string of the molecule is CCO[Si](OCC)(OCC)C(CC)c1ccc(Oc2ccc(S(=O)(=O)N=[N+]=[N-])cc2)cc1. The molecule has 0 heterocycles. The lowest BCUT2D eigenvalue weighted by atomic mass is 10.1. The maximum atomic E-state index is 11.8. The van der Waals surface area contributed by atoms with E-state index in [0.717, 1.165) is 12.0 Å². The standard InChI is InChI=1S/C21H29N3O6SSi/c1-5-21(32(27-6-2,28-7-3)29-8-4)17-9-11-18(12-10-17)30-19-13-15-20(16-14-19)31(25,26)24-23-22/h9-16,21H,5-8H2,1-4H3. The van der Waals surface area contributed by atoms with E-state index in [-0.39, 0.29) is 10.4 Å². The summed E-state index contributed by atoms with van der Waals surface area (Å²) in [5, 5.41) is 0. The van der Waals surface area contributed by atoms with Crippen LogP contribution in [0, 0.1) is 0 Å². The van der Waals surface area contributed by atoms with Crippen molar-refractivity contribution < 1.29 is 26.4 Å². The molecule has 0 radical (unpaired) electrons. The number of azide groups is 1. The fraction of sp³-hybridized carbons (Fsp3) is 0.429. The molecule has 2 rings (SSSR count). The molecular formula is C21H29N3O6SSi. The second-order valence-corrected chi connectivity index (χ2v) is 11.0. The van der Waals surface area contributed by atoms with Gasteiger partial charge in [0.2, 0.25) is 0 Å². The Kier molecular flexibility index (Phi) is 9.70. The normalized spacial score (nSPS) is 12.8. The number of nitrogens with zero attached hydrogens (tertiary/aromatic N) is 3. The Morgan fingerprint density at radius 1 is 0.875 bits per heavy atom. The van der Waals surface area contributed by atoms with Gasteiger partial charge in [0, 0.05) is 29.3 Å². The molecule has 11 heteroatoms. The van der Waals surface area contributed by atoms with Gasteiger partial charge in [-0.25, -0.2) is 8.42 Å². The molecule has 0 aromatic heterocycles. The molecule has 0 saturated heterocycles. The summed E-state index contributed by atoms with van der Waals surface area (Å²) in [7, 11) is -6.95. The van der Waals surface area contributed by atoms with Crippen LogP contribution >= 0.6 is 0 Å². The number of benzene rings is 2. The second-order valence-electron chi connectivity index (χ2n) is 6.65. The van der Waals surface area contributed by atoms with Crippen molar-refractivity contribution >= 4 is 18.8 Å². The predicted molar refractivity (Wildman–Crippen MR) is 123 cm³/mol. The van der Waals surface area contributed by atoms with E-state index in [9.17, 15) is 8.42 Å². The second kappa shape index (κ2) is 12.0. The van der Waals surface area contributed by atoms with E-state index >= 15 is 0 Å². The van der Waals surface area contributed by atoms with Crippen molar-refractivity contribution in [2.45, 2.75) is 44.6 Å². The molecule has 2 aromatic carbocycles. The fourth-order valence-corrected chi connectivity index (χ4v) is 7.23. The van der Waals surface area contributed by atoms with E-state index in [2.05, 4.69) is 16.4 Å². The Bertz CT molecular complexity index is 992. The molecule has 0 bridgehead atoms. The van der Waals surface area contributed by atoms with Crippen LogP contribution in [-0.2, 0) is 23.3 Å². The Morgan fingerprint density at radius 3 is 1.75 bits per heavy atom. The first kappa shape index (κ1) is 25.9. The molecule has 0 aliphatic heterocycles. The molecule has 1 unspecified atom stereocenters. The monoisotopic (exact) mass is 479 g/mol. The smallest absolute Gasteiger partial charge is 0.457 e. The minimum absolute atomic E-state index is 0.0124. The Labute approximate surface area is 190 Å². The van der Waals surface area contributed by atoms with Crippen molar-refractivity contribution in [2.75, 3.05) is 19.8 Å². The van der Waals surface area contributed by atoms with Gasteiger partial charge in [-0.2, -0.15) is 0 Å². The van der Waals surface area contributed by atoms with Crippen LogP contribution in [0.25, 0.3) is 10.4 Å². The first-order valence-electron chi connectivity index (χ1n) is 10.5. The van der Waals surface area contributed by atoms with Crippen LogP contribution in [0.2, 0.25) is 0 Å². The average Bonchev–Trinajstić information content (AvgIpc) is 2.76. The summed E-state index contributed by atoms with van der Waals surface area (Å²) >= 11 is 0. The van der Waals surface area contributed by atoms with Crippen molar-refractivity contribution in [3.63, 3.8) is 0 Å². The van der Waals surface area contributed by atoms with Crippen LogP contribution in [0.15, 0.2) is 57.9 Å². The zero-order valence-electron chi connectivity index (χ0n) is 18.7. The van der Waals surface area contributed by atoms with Gasteiger partial charge >= 0.3 is 8.80 Å². The van der Waals surface area contributed by atoms with Crippen LogP contribution in [0.4, 0.5) is 0 Å². The van der Waals surface area contributed by atoms with Crippen LogP contribution in [-0.4, -0.2) is 37.0 Å².